The summed E-state index contributed by atoms with van der Waals surface area (Å²) in [5.74, 6) is 2.52. The van der Waals surface area contributed by atoms with Gasteiger partial charge in [-0.3, -0.25) is 0 Å². The first-order valence-electron chi connectivity index (χ1n) is 5.65. The van der Waals surface area contributed by atoms with E-state index < -0.39 is 0 Å². The molecule has 73 valence electrons. The molecule has 0 aromatic rings. The molecule has 0 aliphatic heterocycles. The first kappa shape index (κ1) is 9.26. The molecule has 2 aliphatic rings. The van der Waals surface area contributed by atoms with Gasteiger partial charge in [0.2, 0.25) is 0 Å². The summed E-state index contributed by atoms with van der Waals surface area (Å²) in [6.45, 7) is 0.137. The molecular formula is C12H19O. The summed E-state index contributed by atoms with van der Waals surface area (Å²) in [5, 5.41) is 10.7. The van der Waals surface area contributed by atoms with Crippen molar-refractivity contribution in [3.8, 4) is 0 Å². The van der Waals surface area contributed by atoms with Gasteiger partial charge in [-0.1, -0.05) is 25.0 Å². The maximum Gasteiger partial charge on any atom is 0.0825 e. The van der Waals surface area contributed by atoms with Crippen molar-refractivity contribution >= 4 is 0 Å². The van der Waals surface area contributed by atoms with E-state index in [1.165, 1.54) is 32.1 Å². The van der Waals surface area contributed by atoms with Crippen molar-refractivity contribution in [1.82, 2.24) is 0 Å². The van der Waals surface area contributed by atoms with Gasteiger partial charge in [0.1, 0.15) is 0 Å². The fraction of sp³-hybridized carbons (Fsp3) is 0.833. The molecule has 0 aromatic heterocycles. The topological polar surface area (TPSA) is 19.9 Å². The van der Waals surface area contributed by atoms with E-state index in [4.69, 9.17) is 0 Å². The lowest BCUT2D eigenvalue weighted by molar-refractivity contribution is 0.0966. The third kappa shape index (κ3) is 1.96. The largest absolute Gasteiger partial charge is 0.237 e. The minimum Gasteiger partial charge on any atom is -0.237 e. The number of rotatable bonds is 2. The Morgan fingerprint density at radius 3 is 2.85 bits per heavy atom. The van der Waals surface area contributed by atoms with E-state index in [0.717, 1.165) is 24.2 Å². The van der Waals surface area contributed by atoms with Gasteiger partial charge in [0.25, 0.3) is 0 Å². The van der Waals surface area contributed by atoms with Crippen molar-refractivity contribution in [1.29, 1.82) is 0 Å². The maximum absolute atomic E-state index is 10.7. The van der Waals surface area contributed by atoms with Crippen LogP contribution in [0.3, 0.4) is 0 Å². The van der Waals surface area contributed by atoms with E-state index in [-0.39, 0.29) is 6.61 Å². The molecule has 3 unspecified atom stereocenters. The van der Waals surface area contributed by atoms with Crippen LogP contribution in [-0.2, 0) is 5.11 Å². The molecule has 0 N–H and O–H groups in total. The lowest BCUT2D eigenvalue weighted by atomic mass is 9.66. The van der Waals surface area contributed by atoms with Crippen molar-refractivity contribution in [3.05, 3.63) is 12.2 Å². The van der Waals surface area contributed by atoms with Gasteiger partial charge < -0.3 is 0 Å². The van der Waals surface area contributed by atoms with Crippen LogP contribution in [0.25, 0.3) is 0 Å². The number of fused-ring (bicyclic) bond motifs is 1. The first-order valence-corrected chi connectivity index (χ1v) is 5.65. The summed E-state index contributed by atoms with van der Waals surface area (Å²) in [5.41, 5.74) is 0. The summed E-state index contributed by atoms with van der Waals surface area (Å²) in [4.78, 5) is 0. The lowest BCUT2D eigenvalue weighted by Crippen LogP contribution is -2.29. The minimum absolute atomic E-state index is 0.137. The van der Waals surface area contributed by atoms with E-state index in [2.05, 4.69) is 12.2 Å². The van der Waals surface area contributed by atoms with Crippen LogP contribution in [0.15, 0.2) is 12.2 Å². The fourth-order valence-corrected chi connectivity index (χ4v) is 3.17. The molecule has 0 aromatic carbocycles. The Morgan fingerprint density at radius 1 is 1.15 bits per heavy atom. The highest BCUT2D eigenvalue weighted by atomic mass is 16.3. The molecule has 1 heteroatoms. The zero-order valence-electron chi connectivity index (χ0n) is 8.24. The van der Waals surface area contributed by atoms with Gasteiger partial charge in [0.15, 0.2) is 0 Å². The van der Waals surface area contributed by atoms with Crippen LogP contribution >= 0.6 is 0 Å². The van der Waals surface area contributed by atoms with Gasteiger partial charge >= 0.3 is 0 Å². The van der Waals surface area contributed by atoms with Crippen molar-refractivity contribution in [3.63, 3.8) is 0 Å². The van der Waals surface area contributed by atoms with Crippen molar-refractivity contribution in [2.24, 2.45) is 17.8 Å². The summed E-state index contributed by atoms with van der Waals surface area (Å²) < 4.78 is 0. The van der Waals surface area contributed by atoms with E-state index in [1.54, 1.807) is 0 Å². The van der Waals surface area contributed by atoms with Crippen LogP contribution in [-0.4, -0.2) is 6.61 Å². The van der Waals surface area contributed by atoms with E-state index in [1.807, 2.05) is 0 Å². The molecule has 1 nitrogen and oxygen atoms in total. The van der Waals surface area contributed by atoms with Gasteiger partial charge in [-0.05, 0) is 43.4 Å². The van der Waals surface area contributed by atoms with Gasteiger partial charge in [-0.25, -0.2) is 5.11 Å². The molecule has 13 heavy (non-hydrogen) atoms. The third-order valence-corrected chi connectivity index (χ3v) is 3.86. The average Bonchev–Trinajstić information content (AvgIpc) is 2.19. The second-order valence-corrected chi connectivity index (χ2v) is 4.55. The van der Waals surface area contributed by atoms with Crippen LogP contribution in [0.4, 0.5) is 0 Å². The average molecular weight is 179 g/mol. The standard InChI is InChI=1S/C12H19O/c13-9-8-11-6-3-5-10-4-1-2-7-12(10)11/h1-2,10-12H,3-9H2. The van der Waals surface area contributed by atoms with Crippen LogP contribution in [0, 0.1) is 17.8 Å². The Labute approximate surface area is 80.8 Å². The summed E-state index contributed by atoms with van der Waals surface area (Å²) in [6.07, 6.45) is 12.2. The van der Waals surface area contributed by atoms with Crippen molar-refractivity contribution in [2.45, 2.75) is 38.5 Å². The minimum atomic E-state index is 0.137. The Hall–Kier alpha value is -0.300. The van der Waals surface area contributed by atoms with Crippen LogP contribution in [0.5, 0.6) is 0 Å². The molecule has 0 heterocycles. The smallest absolute Gasteiger partial charge is 0.0825 e. The molecule has 0 bridgehead atoms. The molecule has 2 aliphatic carbocycles. The number of hydrogen-bond donors (Lipinski definition) is 0. The van der Waals surface area contributed by atoms with Crippen LogP contribution in [0.2, 0.25) is 0 Å². The summed E-state index contributed by atoms with van der Waals surface area (Å²) in [7, 11) is 0. The molecule has 0 saturated heterocycles. The zero-order chi connectivity index (χ0) is 9.10. The molecule has 1 fully saturated rings. The Morgan fingerprint density at radius 2 is 2.00 bits per heavy atom. The summed E-state index contributed by atoms with van der Waals surface area (Å²) in [6, 6.07) is 0. The molecule has 2 rings (SSSR count). The monoisotopic (exact) mass is 179 g/mol. The number of allylic oxidation sites excluding steroid dienone is 2. The third-order valence-electron chi connectivity index (χ3n) is 3.86. The molecule has 3 atom stereocenters. The van der Waals surface area contributed by atoms with E-state index in [0.29, 0.717) is 0 Å². The molecule has 1 radical (unpaired) electrons. The van der Waals surface area contributed by atoms with Crippen molar-refractivity contribution in [2.75, 3.05) is 6.61 Å². The van der Waals surface area contributed by atoms with E-state index >= 15 is 0 Å². The van der Waals surface area contributed by atoms with Crippen LogP contribution in [0.1, 0.15) is 38.5 Å². The highest BCUT2D eigenvalue weighted by molar-refractivity contribution is 4.98. The lowest BCUT2D eigenvalue weighted by Gasteiger charge is -2.39. The Balaban J connectivity index is 1.99. The van der Waals surface area contributed by atoms with E-state index in [9.17, 15) is 5.11 Å². The van der Waals surface area contributed by atoms with Crippen LogP contribution < -0.4 is 0 Å². The molecule has 0 spiro atoms. The molecular weight excluding hydrogens is 160 g/mol. The predicted molar refractivity (Wildman–Crippen MR) is 52.9 cm³/mol. The predicted octanol–water partition coefficient (Wildman–Crippen LogP) is 3.19. The first-order chi connectivity index (χ1) is 6.42. The quantitative estimate of drug-likeness (QED) is 0.580. The van der Waals surface area contributed by atoms with Gasteiger partial charge in [-0.15, -0.1) is 0 Å². The molecule has 1 saturated carbocycles. The Bertz CT molecular complexity index is 184. The van der Waals surface area contributed by atoms with Gasteiger partial charge in [-0.2, -0.15) is 0 Å². The highest BCUT2D eigenvalue weighted by Gasteiger charge is 2.32. The van der Waals surface area contributed by atoms with Crippen molar-refractivity contribution < 1.29 is 5.11 Å². The Kier molecular flexibility index (Phi) is 3.05. The number of hydrogen-bond acceptors (Lipinski definition) is 0. The second-order valence-electron chi connectivity index (χ2n) is 4.55. The highest BCUT2D eigenvalue weighted by Crippen LogP contribution is 2.42. The maximum atomic E-state index is 10.7. The SMILES string of the molecule is [O]CCC1CCCC2CC=CCC21. The normalized spacial score (nSPS) is 38.7. The molecule has 0 amide bonds. The summed E-state index contributed by atoms with van der Waals surface area (Å²) >= 11 is 0. The van der Waals surface area contributed by atoms with Gasteiger partial charge in [0, 0.05) is 0 Å². The zero-order valence-corrected chi connectivity index (χ0v) is 8.24. The second kappa shape index (κ2) is 4.28. The fourth-order valence-electron chi connectivity index (χ4n) is 3.17. The van der Waals surface area contributed by atoms with Gasteiger partial charge in [0.05, 0.1) is 6.61 Å².